The Morgan fingerprint density at radius 3 is 2.30 bits per heavy atom. The largest absolute Gasteiger partial charge is 1.00 e. The molecule has 0 saturated carbocycles. The van der Waals surface area contributed by atoms with Crippen LogP contribution in [0.25, 0.3) is 11.1 Å². The first-order valence-electron chi connectivity index (χ1n) is 11.2. The van der Waals surface area contributed by atoms with Gasteiger partial charge in [-0.05, 0) is 71.1 Å². The van der Waals surface area contributed by atoms with Crippen molar-refractivity contribution in [3.05, 3.63) is 113 Å². The second-order valence-corrected chi connectivity index (χ2v) is 8.72. The van der Waals surface area contributed by atoms with E-state index < -0.39 is 17.7 Å². The SMILES string of the molecule is Cc1cc(C(=O)N2Cc3cccn3Cc3ccc(C(=O)[O-])cc32)ccc1-c1ccccc1C(F)(F)F.[Na+]. The summed E-state index contributed by atoms with van der Waals surface area (Å²) >= 11 is 0. The molecular formula is C28H20F3N2NaO3. The van der Waals surface area contributed by atoms with E-state index in [-0.39, 0.29) is 58.7 Å². The molecule has 0 radical (unpaired) electrons. The molecule has 1 aliphatic heterocycles. The molecule has 0 N–H and O–H groups in total. The van der Waals surface area contributed by atoms with Gasteiger partial charge in [0.2, 0.25) is 0 Å². The van der Waals surface area contributed by atoms with Crippen molar-refractivity contribution in [2.45, 2.75) is 26.2 Å². The van der Waals surface area contributed by atoms with Gasteiger partial charge in [0.1, 0.15) is 0 Å². The fourth-order valence-corrected chi connectivity index (χ4v) is 4.65. The summed E-state index contributed by atoms with van der Waals surface area (Å²) in [5.41, 5.74) is 2.50. The fraction of sp³-hybridized carbons (Fsp3) is 0.143. The summed E-state index contributed by atoms with van der Waals surface area (Å²) in [7, 11) is 0. The third-order valence-corrected chi connectivity index (χ3v) is 6.44. The number of hydrogen-bond donors (Lipinski definition) is 0. The van der Waals surface area contributed by atoms with Gasteiger partial charge in [0.15, 0.2) is 0 Å². The molecule has 9 heteroatoms. The quantitative estimate of drug-likeness (QED) is 0.395. The second-order valence-electron chi connectivity index (χ2n) is 8.72. The van der Waals surface area contributed by atoms with E-state index in [1.54, 1.807) is 25.1 Å². The number of carboxylic acid groups (broad SMARTS) is 1. The smallest absolute Gasteiger partial charge is 0.545 e. The van der Waals surface area contributed by atoms with Gasteiger partial charge in [-0.2, -0.15) is 13.2 Å². The summed E-state index contributed by atoms with van der Waals surface area (Å²) in [5.74, 6) is -1.74. The van der Waals surface area contributed by atoms with Crippen molar-refractivity contribution < 1.29 is 57.4 Å². The van der Waals surface area contributed by atoms with Crippen molar-refractivity contribution >= 4 is 17.6 Å². The number of amides is 1. The zero-order valence-corrected chi connectivity index (χ0v) is 22.2. The van der Waals surface area contributed by atoms with Crippen LogP contribution in [0.1, 0.15) is 43.1 Å². The predicted molar refractivity (Wildman–Crippen MR) is 126 cm³/mol. The average molecular weight is 512 g/mol. The van der Waals surface area contributed by atoms with Crippen molar-refractivity contribution in [2.75, 3.05) is 4.90 Å². The normalized spacial score (nSPS) is 12.7. The van der Waals surface area contributed by atoms with Crippen LogP contribution in [0.15, 0.2) is 79.0 Å². The number of anilines is 1. The Hall–Kier alpha value is -3.33. The van der Waals surface area contributed by atoms with Crippen molar-refractivity contribution in [3.8, 4) is 11.1 Å². The number of hydrogen-bond acceptors (Lipinski definition) is 3. The molecule has 3 aromatic carbocycles. The molecular weight excluding hydrogens is 492 g/mol. The van der Waals surface area contributed by atoms with Crippen LogP contribution in [0.2, 0.25) is 0 Å². The Kier molecular flexibility index (Phi) is 7.37. The number of aromatic carboxylic acids is 1. The zero-order valence-electron chi connectivity index (χ0n) is 20.2. The minimum atomic E-state index is -4.51. The van der Waals surface area contributed by atoms with Gasteiger partial charge in [0.25, 0.3) is 5.91 Å². The minimum absolute atomic E-state index is 0. The molecule has 1 aromatic heterocycles. The third kappa shape index (κ3) is 5.09. The summed E-state index contributed by atoms with van der Waals surface area (Å²) in [6.07, 6.45) is -2.63. The van der Waals surface area contributed by atoms with E-state index in [0.29, 0.717) is 23.4 Å². The number of benzene rings is 3. The number of carboxylic acids is 1. The standard InChI is InChI=1S/C28H21F3N2O3.Na/c1-17-13-18(10-11-22(17)23-6-2-3-7-24(23)28(29,30)31)26(34)33-16-21-5-4-12-32(21)15-20-9-8-19(27(35)36)14-25(20)33;/h2-14H,15-16H2,1H3,(H,35,36);/q;+1/p-1. The molecule has 2 heterocycles. The van der Waals surface area contributed by atoms with Gasteiger partial charge >= 0.3 is 35.7 Å². The molecule has 182 valence electrons. The zero-order chi connectivity index (χ0) is 25.6. The Bertz CT molecular complexity index is 1510. The molecule has 1 amide bonds. The van der Waals surface area contributed by atoms with Crippen molar-refractivity contribution in [2.24, 2.45) is 0 Å². The Morgan fingerprint density at radius 1 is 0.865 bits per heavy atom. The molecule has 0 spiro atoms. The monoisotopic (exact) mass is 512 g/mol. The van der Waals surface area contributed by atoms with Gasteiger partial charge in [-0.25, -0.2) is 0 Å². The number of carbonyl (C=O) groups is 2. The average Bonchev–Trinajstić information content (AvgIpc) is 3.22. The van der Waals surface area contributed by atoms with Crippen LogP contribution in [-0.2, 0) is 19.3 Å². The molecule has 1 aliphatic rings. The predicted octanol–water partition coefficient (Wildman–Crippen LogP) is 2.06. The molecule has 0 atom stereocenters. The number of alkyl halides is 3. The Labute approximate surface area is 233 Å². The fourth-order valence-electron chi connectivity index (χ4n) is 4.65. The molecule has 0 unspecified atom stereocenters. The van der Waals surface area contributed by atoms with Crippen molar-refractivity contribution in [1.29, 1.82) is 0 Å². The number of aryl methyl sites for hydroxylation is 1. The van der Waals surface area contributed by atoms with Gasteiger partial charge in [-0.3, -0.25) is 4.79 Å². The van der Waals surface area contributed by atoms with Crippen LogP contribution < -0.4 is 39.6 Å². The number of fused-ring (bicyclic) bond motifs is 2. The van der Waals surface area contributed by atoms with E-state index in [4.69, 9.17) is 0 Å². The number of aromatic nitrogens is 1. The van der Waals surface area contributed by atoms with Crippen LogP contribution in [0.3, 0.4) is 0 Å². The second kappa shape index (κ2) is 10.2. The van der Waals surface area contributed by atoms with E-state index in [1.165, 1.54) is 41.3 Å². The van der Waals surface area contributed by atoms with Crippen LogP contribution in [0.4, 0.5) is 18.9 Å². The molecule has 0 aliphatic carbocycles. The van der Waals surface area contributed by atoms with E-state index in [1.807, 2.05) is 22.9 Å². The molecule has 0 saturated heterocycles. The number of halogens is 3. The molecule has 5 rings (SSSR count). The van der Waals surface area contributed by atoms with E-state index in [9.17, 15) is 27.9 Å². The van der Waals surface area contributed by atoms with Gasteiger partial charge in [0.05, 0.1) is 23.8 Å². The minimum Gasteiger partial charge on any atom is -0.545 e. The molecule has 5 nitrogen and oxygen atoms in total. The Balaban J connectivity index is 0.00000320. The maximum Gasteiger partial charge on any atom is 1.00 e. The third-order valence-electron chi connectivity index (χ3n) is 6.44. The molecule has 0 bridgehead atoms. The van der Waals surface area contributed by atoms with Crippen LogP contribution in [0, 0.1) is 6.92 Å². The number of rotatable bonds is 3. The van der Waals surface area contributed by atoms with Gasteiger partial charge in [0, 0.05) is 24.0 Å². The summed E-state index contributed by atoms with van der Waals surface area (Å²) in [6, 6.07) is 18.2. The summed E-state index contributed by atoms with van der Waals surface area (Å²) in [4.78, 5) is 26.7. The molecule has 37 heavy (non-hydrogen) atoms. The van der Waals surface area contributed by atoms with Crippen LogP contribution >= 0.6 is 0 Å². The molecule has 0 fully saturated rings. The van der Waals surface area contributed by atoms with Gasteiger partial charge in [-0.1, -0.05) is 36.4 Å². The summed E-state index contributed by atoms with van der Waals surface area (Å²) in [5, 5.41) is 11.5. The summed E-state index contributed by atoms with van der Waals surface area (Å²) < 4.78 is 42.7. The van der Waals surface area contributed by atoms with E-state index in [2.05, 4.69) is 0 Å². The maximum atomic E-state index is 13.7. The molecule has 4 aromatic rings. The first kappa shape index (κ1) is 26.7. The van der Waals surface area contributed by atoms with Crippen LogP contribution in [-0.4, -0.2) is 16.4 Å². The van der Waals surface area contributed by atoms with Gasteiger partial charge < -0.3 is 19.4 Å². The number of nitrogens with zero attached hydrogens (tertiary/aromatic N) is 2. The van der Waals surface area contributed by atoms with Crippen LogP contribution in [0.5, 0.6) is 0 Å². The number of carbonyl (C=O) groups excluding carboxylic acids is 2. The topological polar surface area (TPSA) is 65.4 Å². The maximum absolute atomic E-state index is 13.7. The van der Waals surface area contributed by atoms with Crippen molar-refractivity contribution in [1.82, 2.24) is 4.57 Å². The van der Waals surface area contributed by atoms with E-state index in [0.717, 1.165) is 17.3 Å². The first-order chi connectivity index (χ1) is 17.1. The van der Waals surface area contributed by atoms with Gasteiger partial charge in [-0.15, -0.1) is 0 Å². The Morgan fingerprint density at radius 2 is 1.59 bits per heavy atom. The van der Waals surface area contributed by atoms with E-state index >= 15 is 0 Å². The van der Waals surface area contributed by atoms with Crippen molar-refractivity contribution in [3.63, 3.8) is 0 Å². The first-order valence-corrected chi connectivity index (χ1v) is 11.2. The summed E-state index contributed by atoms with van der Waals surface area (Å²) in [6.45, 7) is 2.32.